The van der Waals surface area contributed by atoms with Crippen LogP contribution in [0.15, 0.2) is 11.0 Å². The molecule has 1 N–H and O–H groups in total. The van der Waals surface area contributed by atoms with E-state index in [1.807, 2.05) is 6.92 Å². The molecule has 0 aromatic carbocycles. The number of rotatable bonds is 4. The van der Waals surface area contributed by atoms with Crippen LogP contribution in [0.1, 0.15) is 30.5 Å². The first-order valence-corrected chi connectivity index (χ1v) is 8.03. The van der Waals surface area contributed by atoms with Gasteiger partial charge in [0.15, 0.2) is 0 Å². The second-order valence-corrected chi connectivity index (χ2v) is 8.64. The van der Waals surface area contributed by atoms with Crippen LogP contribution in [0.5, 0.6) is 0 Å². The summed E-state index contributed by atoms with van der Waals surface area (Å²) in [7, 11) is -3.80. The van der Waals surface area contributed by atoms with Crippen LogP contribution in [0.4, 0.5) is 0 Å². The van der Waals surface area contributed by atoms with Crippen LogP contribution in [0.25, 0.3) is 0 Å². The fourth-order valence-corrected chi connectivity index (χ4v) is 5.05. The van der Waals surface area contributed by atoms with E-state index in [1.165, 1.54) is 11.3 Å². The number of sulfonamides is 1. The topological polar surface area (TPSA) is 74.7 Å². The van der Waals surface area contributed by atoms with Crippen molar-refractivity contribution in [3.63, 3.8) is 0 Å². The first kappa shape index (κ1) is 16.1. The van der Waals surface area contributed by atoms with Crippen molar-refractivity contribution in [3.05, 3.63) is 15.8 Å². The summed E-state index contributed by atoms with van der Waals surface area (Å²) in [6.07, 6.45) is 0. The number of carbonyl (C=O) groups is 1. The summed E-state index contributed by atoms with van der Waals surface area (Å²) >= 11 is 1.39. The smallest absolute Gasteiger partial charge is 0.318 e. The number of aliphatic carboxylic acids is 1. The molecule has 7 heteroatoms. The molecule has 19 heavy (non-hydrogen) atoms. The summed E-state index contributed by atoms with van der Waals surface area (Å²) < 4.78 is 26.3. The molecule has 1 heterocycles. The first-order valence-electron chi connectivity index (χ1n) is 5.78. The third kappa shape index (κ3) is 3.55. The molecule has 0 amide bonds. The lowest BCUT2D eigenvalue weighted by Gasteiger charge is -2.33. The van der Waals surface area contributed by atoms with E-state index < -0.39 is 28.1 Å². The number of nitrogens with zero attached hydrogens (tertiary/aromatic N) is 1. The van der Waals surface area contributed by atoms with Crippen LogP contribution >= 0.6 is 11.3 Å². The van der Waals surface area contributed by atoms with Gasteiger partial charge in [0, 0.05) is 15.3 Å². The SMILES string of the molecule is Cc1cc(S(=O)(=O)N(CC(=O)O)C(C)(C)C)c(C)s1. The highest BCUT2D eigenvalue weighted by atomic mass is 32.2. The van der Waals surface area contributed by atoms with Gasteiger partial charge in [0.1, 0.15) is 6.54 Å². The van der Waals surface area contributed by atoms with E-state index in [9.17, 15) is 13.2 Å². The molecule has 0 spiro atoms. The summed E-state index contributed by atoms with van der Waals surface area (Å²) in [5.41, 5.74) is -0.792. The van der Waals surface area contributed by atoms with Crippen molar-refractivity contribution in [2.75, 3.05) is 6.54 Å². The van der Waals surface area contributed by atoms with Crippen LogP contribution in [-0.4, -0.2) is 35.9 Å². The van der Waals surface area contributed by atoms with E-state index in [1.54, 1.807) is 33.8 Å². The maximum atomic E-state index is 12.6. The zero-order valence-electron chi connectivity index (χ0n) is 11.7. The summed E-state index contributed by atoms with van der Waals surface area (Å²) in [6.45, 7) is 8.06. The second-order valence-electron chi connectivity index (χ2n) is 5.35. The third-order valence-electron chi connectivity index (χ3n) is 2.59. The van der Waals surface area contributed by atoms with E-state index >= 15 is 0 Å². The molecule has 0 radical (unpaired) electrons. The third-order valence-corrected chi connectivity index (χ3v) is 5.92. The summed E-state index contributed by atoms with van der Waals surface area (Å²) in [5, 5.41) is 8.93. The largest absolute Gasteiger partial charge is 0.480 e. The first-order chi connectivity index (χ1) is 8.46. The minimum atomic E-state index is -3.80. The van der Waals surface area contributed by atoms with Crippen molar-refractivity contribution in [2.24, 2.45) is 0 Å². The molecule has 108 valence electrons. The highest BCUT2D eigenvalue weighted by Crippen LogP contribution is 2.30. The Morgan fingerprint density at radius 2 is 1.89 bits per heavy atom. The molecule has 0 fully saturated rings. The monoisotopic (exact) mass is 305 g/mol. The Hall–Kier alpha value is -0.920. The van der Waals surface area contributed by atoms with Gasteiger partial charge in [0.05, 0.1) is 4.90 Å². The van der Waals surface area contributed by atoms with Crippen molar-refractivity contribution in [1.82, 2.24) is 4.31 Å². The van der Waals surface area contributed by atoms with E-state index in [0.717, 1.165) is 9.18 Å². The predicted molar refractivity (Wildman–Crippen MR) is 75.1 cm³/mol. The quantitative estimate of drug-likeness (QED) is 0.925. The van der Waals surface area contributed by atoms with Crippen LogP contribution in [0.3, 0.4) is 0 Å². The van der Waals surface area contributed by atoms with Crippen molar-refractivity contribution in [1.29, 1.82) is 0 Å². The molecule has 0 saturated carbocycles. The predicted octanol–water partition coefficient (Wildman–Crippen LogP) is 2.24. The molecular weight excluding hydrogens is 286 g/mol. The van der Waals surface area contributed by atoms with E-state index in [-0.39, 0.29) is 4.90 Å². The van der Waals surface area contributed by atoms with Crippen molar-refractivity contribution in [2.45, 2.75) is 45.1 Å². The Kier molecular flexibility index (Phi) is 4.44. The maximum Gasteiger partial charge on any atom is 0.318 e. The molecule has 0 unspecified atom stereocenters. The van der Waals surface area contributed by atoms with Gasteiger partial charge in [0.25, 0.3) is 0 Å². The number of aryl methyl sites for hydroxylation is 2. The molecule has 1 rings (SSSR count). The Morgan fingerprint density at radius 1 is 1.37 bits per heavy atom. The van der Waals surface area contributed by atoms with E-state index in [0.29, 0.717) is 4.88 Å². The van der Waals surface area contributed by atoms with Gasteiger partial charge in [-0.25, -0.2) is 8.42 Å². The highest BCUT2D eigenvalue weighted by molar-refractivity contribution is 7.89. The maximum absolute atomic E-state index is 12.6. The average Bonchev–Trinajstić information content (AvgIpc) is 2.53. The fourth-order valence-electron chi connectivity index (χ4n) is 1.79. The van der Waals surface area contributed by atoms with Gasteiger partial charge in [0.2, 0.25) is 10.0 Å². The van der Waals surface area contributed by atoms with Crippen LogP contribution in [0, 0.1) is 13.8 Å². The number of hydrogen-bond donors (Lipinski definition) is 1. The second kappa shape index (κ2) is 5.22. The van der Waals surface area contributed by atoms with Crippen LogP contribution in [-0.2, 0) is 14.8 Å². The Labute approximate surface area is 117 Å². The van der Waals surface area contributed by atoms with Gasteiger partial charge >= 0.3 is 5.97 Å². The lowest BCUT2D eigenvalue weighted by molar-refractivity contribution is -0.138. The molecule has 0 bridgehead atoms. The van der Waals surface area contributed by atoms with E-state index in [2.05, 4.69) is 0 Å². The molecule has 0 aliphatic carbocycles. The van der Waals surface area contributed by atoms with Gasteiger partial charge in [-0.2, -0.15) is 4.31 Å². The minimum absolute atomic E-state index is 0.200. The zero-order valence-corrected chi connectivity index (χ0v) is 13.4. The minimum Gasteiger partial charge on any atom is -0.480 e. The number of carboxylic acids is 1. The summed E-state index contributed by atoms with van der Waals surface area (Å²) in [6, 6.07) is 1.59. The lowest BCUT2D eigenvalue weighted by atomic mass is 10.1. The standard InChI is InChI=1S/C12H19NO4S2/c1-8-6-10(9(2)18-8)19(16,17)13(7-11(14)15)12(3,4)5/h6H,7H2,1-5H3,(H,14,15). The van der Waals surface area contributed by atoms with Gasteiger partial charge in [-0.3, -0.25) is 4.79 Å². The van der Waals surface area contributed by atoms with Gasteiger partial charge in [-0.1, -0.05) is 0 Å². The molecule has 1 aromatic heterocycles. The van der Waals surface area contributed by atoms with Gasteiger partial charge in [-0.15, -0.1) is 11.3 Å². The highest BCUT2D eigenvalue weighted by Gasteiger charge is 2.36. The summed E-state index contributed by atoms with van der Waals surface area (Å²) in [5.74, 6) is -1.16. The number of carboxylic acid groups (broad SMARTS) is 1. The molecule has 0 aliphatic rings. The van der Waals surface area contributed by atoms with Crippen molar-refractivity contribution in [3.8, 4) is 0 Å². The van der Waals surface area contributed by atoms with Crippen molar-refractivity contribution < 1.29 is 18.3 Å². The van der Waals surface area contributed by atoms with Crippen molar-refractivity contribution >= 4 is 27.3 Å². The van der Waals surface area contributed by atoms with Crippen LogP contribution in [0.2, 0.25) is 0 Å². The average molecular weight is 305 g/mol. The fraction of sp³-hybridized carbons (Fsp3) is 0.583. The van der Waals surface area contributed by atoms with Crippen LogP contribution < -0.4 is 0 Å². The number of thiophene rings is 1. The lowest BCUT2D eigenvalue weighted by Crippen LogP contribution is -2.48. The van der Waals surface area contributed by atoms with E-state index in [4.69, 9.17) is 5.11 Å². The summed E-state index contributed by atoms with van der Waals surface area (Å²) in [4.78, 5) is 12.7. The normalized spacial score (nSPS) is 12.9. The number of hydrogen-bond acceptors (Lipinski definition) is 4. The molecular formula is C12H19NO4S2. The molecule has 0 saturated heterocycles. The molecule has 1 aromatic rings. The molecule has 0 atom stereocenters. The molecule has 5 nitrogen and oxygen atoms in total. The zero-order chi connectivity index (χ0) is 15.0. The Bertz CT molecular complexity index is 581. The van der Waals surface area contributed by atoms with Gasteiger partial charge in [-0.05, 0) is 40.7 Å². The Morgan fingerprint density at radius 3 is 2.21 bits per heavy atom. The Balaban J connectivity index is 3.36. The molecule has 0 aliphatic heterocycles. The van der Waals surface area contributed by atoms with Gasteiger partial charge < -0.3 is 5.11 Å².